The number of phenolic OH excluding ortho intramolecular Hbond substituents is 1. The normalized spacial score (nSPS) is 12.3. The molecule has 1 N–H and O–H groups in total. The Hall–Kier alpha value is 0.174. The molecule has 1 aromatic carbocycles. The van der Waals surface area contributed by atoms with Crippen molar-refractivity contribution < 1.29 is 60.8 Å². The Morgan fingerprint density at radius 3 is 1.54 bits per heavy atom. The predicted octanol–water partition coefficient (Wildman–Crippen LogP) is -0.393. The van der Waals surface area contributed by atoms with Gasteiger partial charge in [-0.25, -0.2) is 12.2 Å². The summed E-state index contributed by atoms with van der Waals surface area (Å²) >= 11 is 0. The van der Waals surface area contributed by atoms with Crippen LogP contribution in [0.3, 0.4) is 0 Å². The van der Waals surface area contributed by atoms with Crippen LogP contribution in [0.15, 0.2) is 30.4 Å². The first kappa shape index (κ1) is 29.0. The molecule has 0 saturated carbocycles. The Morgan fingerprint density at radius 1 is 0.917 bits per heavy atom. The summed E-state index contributed by atoms with van der Waals surface area (Å²) < 4.78 is 0. The van der Waals surface area contributed by atoms with Gasteiger partial charge in [0.25, 0.3) is 0 Å². The summed E-state index contributed by atoms with van der Waals surface area (Å²) in [7, 11) is 0. The third kappa shape index (κ3) is 9.03. The fraction of sp³-hybridized carbons (Fsp3) is 0.500. The summed E-state index contributed by atoms with van der Waals surface area (Å²) in [6.45, 7) is 14.9. The van der Waals surface area contributed by atoms with Crippen LogP contribution in [0.1, 0.15) is 64.7 Å². The molecule has 0 heterocycles. The molecular weight excluding hydrogens is 464 g/mol. The Morgan fingerprint density at radius 2 is 1.33 bits per heavy atom. The van der Waals surface area contributed by atoms with Crippen LogP contribution < -0.4 is 34.0 Å². The van der Waals surface area contributed by atoms with Crippen LogP contribution in [0, 0.1) is 13.0 Å². The first-order valence-electron chi connectivity index (χ1n) is 7.60. The number of halogens is 2. The molecular formula is C20H29Br2OTi. The molecule has 1 aliphatic rings. The van der Waals surface area contributed by atoms with E-state index in [-0.39, 0.29) is 66.5 Å². The van der Waals surface area contributed by atoms with Crippen molar-refractivity contribution in [3.8, 4) is 5.75 Å². The zero-order valence-corrected chi connectivity index (χ0v) is 20.5. The number of hydrogen-bond donors (Lipinski definition) is 1. The van der Waals surface area contributed by atoms with Crippen molar-refractivity contribution in [1.82, 2.24) is 0 Å². The number of aryl methyl sites for hydroxylation is 1. The summed E-state index contributed by atoms with van der Waals surface area (Å²) in [6, 6.07) is 4.18. The van der Waals surface area contributed by atoms with Gasteiger partial charge in [0.1, 0.15) is 5.75 Å². The van der Waals surface area contributed by atoms with Crippen molar-refractivity contribution >= 4 is 0 Å². The number of hydrogen-bond acceptors (Lipinski definition) is 1. The maximum absolute atomic E-state index is 10.4. The average Bonchev–Trinajstić information content (AvgIpc) is 2.87. The molecule has 1 nitrogen and oxygen atoms in total. The Kier molecular flexibility index (Phi) is 14.1. The van der Waals surface area contributed by atoms with E-state index in [1.54, 1.807) is 0 Å². The number of aromatic hydroxyl groups is 1. The minimum absolute atomic E-state index is 0. The maximum Gasteiger partial charge on any atom is 3.00 e. The minimum Gasteiger partial charge on any atom is -1.00 e. The van der Waals surface area contributed by atoms with Gasteiger partial charge < -0.3 is 39.1 Å². The second kappa shape index (κ2) is 11.7. The molecule has 0 aromatic heterocycles. The van der Waals surface area contributed by atoms with Crippen LogP contribution in [-0.2, 0) is 32.5 Å². The molecule has 133 valence electrons. The summed E-state index contributed by atoms with van der Waals surface area (Å²) in [6.07, 6.45) is 10.0. The molecule has 1 aliphatic carbocycles. The van der Waals surface area contributed by atoms with Crippen molar-refractivity contribution in [1.29, 1.82) is 0 Å². The van der Waals surface area contributed by atoms with Gasteiger partial charge in [0.2, 0.25) is 0 Å². The van der Waals surface area contributed by atoms with Gasteiger partial charge in [0.05, 0.1) is 0 Å². The van der Waals surface area contributed by atoms with Gasteiger partial charge in [-0.15, -0.1) is 6.42 Å². The van der Waals surface area contributed by atoms with E-state index in [1.807, 2.05) is 12.2 Å². The molecule has 4 heteroatoms. The second-order valence-corrected chi connectivity index (χ2v) is 7.71. The fourth-order valence-corrected chi connectivity index (χ4v) is 2.26. The van der Waals surface area contributed by atoms with E-state index in [0.29, 0.717) is 5.75 Å². The van der Waals surface area contributed by atoms with Crippen LogP contribution in [-0.4, -0.2) is 5.11 Å². The van der Waals surface area contributed by atoms with E-state index in [4.69, 9.17) is 0 Å². The van der Waals surface area contributed by atoms with E-state index >= 15 is 0 Å². The quantitative estimate of drug-likeness (QED) is 0.386. The first-order chi connectivity index (χ1) is 9.53. The molecule has 0 unspecified atom stereocenters. The van der Waals surface area contributed by atoms with Gasteiger partial charge in [0.15, 0.2) is 0 Å². The van der Waals surface area contributed by atoms with E-state index in [1.165, 1.54) is 5.56 Å². The zero-order valence-electron chi connectivity index (χ0n) is 15.8. The molecule has 0 amide bonds. The third-order valence-electron chi connectivity index (χ3n) is 3.46. The molecule has 1 radical (unpaired) electrons. The molecule has 0 fully saturated rings. The van der Waals surface area contributed by atoms with Crippen LogP contribution in [0.4, 0.5) is 0 Å². The summed E-state index contributed by atoms with van der Waals surface area (Å²) in [4.78, 5) is 0. The molecule has 2 rings (SSSR count). The molecule has 0 aliphatic heterocycles. The van der Waals surface area contributed by atoms with E-state index in [9.17, 15) is 5.11 Å². The maximum atomic E-state index is 10.4. The average molecular weight is 493 g/mol. The predicted molar refractivity (Wildman–Crippen MR) is 91.8 cm³/mol. The zero-order chi connectivity index (χ0) is 16.3. The fourth-order valence-electron chi connectivity index (χ4n) is 2.26. The van der Waals surface area contributed by atoms with E-state index < -0.39 is 0 Å². The van der Waals surface area contributed by atoms with E-state index in [0.717, 1.165) is 17.5 Å². The van der Waals surface area contributed by atoms with Gasteiger partial charge >= 0.3 is 21.7 Å². The number of rotatable bonds is 0. The summed E-state index contributed by atoms with van der Waals surface area (Å²) in [5.41, 5.74) is 3.26. The van der Waals surface area contributed by atoms with Gasteiger partial charge in [-0.05, 0) is 28.9 Å². The van der Waals surface area contributed by atoms with Gasteiger partial charge in [-0.2, -0.15) is 6.08 Å². The topological polar surface area (TPSA) is 20.2 Å². The minimum atomic E-state index is -0.0178. The van der Waals surface area contributed by atoms with Crippen molar-refractivity contribution in [3.63, 3.8) is 0 Å². The number of benzene rings is 1. The van der Waals surface area contributed by atoms with Crippen LogP contribution >= 0.6 is 0 Å². The van der Waals surface area contributed by atoms with Gasteiger partial charge in [-0.1, -0.05) is 59.2 Å². The van der Waals surface area contributed by atoms with Crippen molar-refractivity contribution in [3.05, 3.63) is 53.1 Å². The Bertz CT molecular complexity index is 505. The van der Waals surface area contributed by atoms with Crippen molar-refractivity contribution in [2.45, 2.75) is 65.7 Å². The number of phenols is 1. The van der Waals surface area contributed by atoms with Gasteiger partial charge in [-0.3, -0.25) is 6.08 Å². The Labute approximate surface area is 184 Å². The molecule has 0 saturated heterocycles. The molecule has 1 aromatic rings. The van der Waals surface area contributed by atoms with Crippen molar-refractivity contribution in [2.24, 2.45) is 0 Å². The number of allylic oxidation sites excluding steroid dienone is 4. The van der Waals surface area contributed by atoms with Crippen LogP contribution in [0.2, 0.25) is 0 Å². The van der Waals surface area contributed by atoms with Crippen LogP contribution in [0.25, 0.3) is 0 Å². The summed E-state index contributed by atoms with van der Waals surface area (Å²) in [5.74, 6) is 0.464. The molecule has 0 atom stereocenters. The second-order valence-electron chi connectivity index (χ2n) is 7.71. The SMILES string of the molecule is Cc1cc(C(C)(C)C)c(O)c(C(C)(C)C)c1.[Br-].[Br-].[C-]1=CC=CC1.[Ti+3]. The molecule has 24 heavy (non-hydrogen) atoms. The Balaban J connectivity index is -0.000000475. The largest absolute Gasteiger partial charge is 3.00 e. The van der Waals surface area contributed by atoms with E-state index in [2.05, 4.69) is 72.8 Å². The van der Waals surface area contributed by atoms with Crippen molar-refractivity contribution in [2.75, 3.05) is 0 Å². The smallest absolute Gasteiger partial charge is 1.00 e. The standard InChI is InChI=1S/C15H24O.C5H5.2BrH.Ti/c1-10-8-11(14(2,3)4)13(16)12(9-10)15(5,6)7;1-2-4-5-3-1;;;/h8-9,16H,1-7H3;1-3H,4H2;2*1H;/q;-1;;;+3/p-2. The molecule has 0 spiro atoms. The molecule has 0 bridgehead atoms. The van der Waals surface area contributed by atoms with Gasteiger partial charge in [0, 0.05) is 0 Å². The third-order valence-corrected chi connectivity index (χ3v) is 3.46. The summed E-state index contributed by atoms with van der Waals surface area (Å²) in [5, 5.41) is 10.4. The first-order valence-corrected chi connectivity index (χ1v) is 7.60. The monoisotopic (exact) mass is 491 g/mol. The van der Waals surface area contributed by atoms with Crippen LogP contribution in [0.5, 0.6) is 5.75 Å².